The summed E-state index contributed by atoms with van der Waals surface area (Å²) in [5.41, 5.74) is 0.530. The van der Waals surface area contributed by atoms with Crippen LogP contribution in [-0.2, 0) is 6.42 Å². The first kappa shape index (κ1) is 13.1. The van der Waals surface area contributed by atoms with Crippen LogP contribution < -0.4 is 4.74 Å². The summed E-state index contributed by atoms with van der Waals surface area (Å²) in [4.78, 5) is 12.5. The Morgan fingerprint density at radius 3 is 2.83 bits per heavy atom. The number of benzene rings is 1. The van der Waals surface area contributed by atoms with Crippen molar-refractivity contribution in [3.8, 4) is 5.75 Å². The summed E-state index contributed by atoms with van der Waals surface area (Å²) in [6.07, 6.45) is 0.879. The number of ketones is 1. The van der Waals surface area contributed by atoms with Crippen molar-refractivity contribution in [2.75, 3.05) is 6.61 Å². The fourth-order valence-corrected chi connectivity index (χ4v) is 2.59. The van der Waals surface area contributed by atoms with Crippen LogP contribution in [0, 0.1) is 0 Å². The number of thiophene rings is 1. The lowest BCUT2D eigenvalue weighted by atomic mass is 10.1. The second-order valence-electron chi connectivity index (χ2n) is 3.88. The zero-order valence-electron chi connectivity index (χ0n) is 9.98. The number of carbonyl (C=O) groups is 1. The van der Waals surface area contributed by atoms with Crippen molar-refractivity contribution in [1.82, 2.24) is 0 Å². The summed E-state index contributed by atoms with van der Waals surface area (Å²) in [6.45, 7) is 2.11. The first-order valence-electron chi connectivity index (χ1n) is 5.62. The van der Waals surface area contributed by atoms with Crippen molar-refractivity contribution in [3.63, 3.8) is 0 Å². The quantitative estimate of drug-likeness (QED) is 0.766. The maximum atomic E-state index is 11.2. The van der Waals surface area contributed by atoms with Crippen LogP contribution in [0.15, 0.2) is 35.7 Å². The minimum absolute atomic E-state index is 0.0369. The Hall–Kier alpha value is -1.32. The van der Waals surface area contributed by atoms with Crippen LogP contribution in [0.4, 0.5) is 0 Å². The summed E-state index contributed by atoms with van der Waals surface area (Å²) in [5.74, 6) is 0.659. The van der Waals surface area contributed by atoms with Gasteiger partial charge in [-0.3, -0.25) is 4.79 Å². The molecule has 2 aromatic rings. The molecule has 0 aliphatic carbocycles. The minimum atomic E-state index is -0.0369. The Bertz CT molecular complexity index is 535. The molecular weight excluding hydrogens is 268 g/mol. The zero-order chi connectivity index (χ0) is 13.0. The van der Waals surface area contributed by atoms with Gasteiger partial charge in [0.2, 0.25) is 0 Å². The van der Waals surface area contributed by atoms with Gasteiger partial charge in [-0.2, -0.15) is 0 Å². The van der Waals surface area contributed by atoms with Gasteiger partial charge in [0.05, 0.1) is 11.6 Å². The lowest BCUT2D eigenvalue weighted by Gasteiger charge is -2.07. The summed E-state index contributed by atoms with van der Waals surface area (Å²) in [7, 11) is 0. The van der Waals surface area contributed by atoms with Crippen LogP contribution >= 0.6 is 22.9 Å². The smallest absolute Gasteiger partial charge is 0.161 e. The third-order valence-corrected chi connectivity index (χ3v) is 3.77. The lowest BCUT2D eigenvalue weighted by molar-refractivity contribution is 0.101. The van der Waals surface area contributed by atoms with E-state index >= 15 is 0 Å². The van der Waals surface area contributed by atoms with Gasteiger partial charge in [0, 0.05) is 16.9 Å². The molecule has 18 heavy (non-hydrogen) atoms. The number of ether oxygens (including phenoxy) is 1. The molecule has 0 aliphatic heterocycles. The summed E-state index contributed by atoms with van der Waals surface area (Å²) in [5, 5.41) is 2.49. The van der Waals surface area contributed by atoms with E-state index < -0.39 is 0 Å². The molecule has 0 aliphatic rings. The van der Waals surface area contributed by atoms with E-state index in [0.717, 1.165) is 6.42 Å². The van der Waals surface area contributed by atoms with Crippen molar-refractivity contribution in [2.45, 2.75) is 13.3 Å². The SMILES string of the molecule is CC(=O)c1ccc(OCCc2cccs2)cc1Cl. The molecule has 1 heterocycles. The zero-order valence-corrected chi connectivity index (χ0v) is 11.6. The number of rotatable bonds is 5. The summed E-state index contributed by atoms with van der Waals surface area (Å²) < 4.78 is 5.61. The van der Waals surface area contributed by atoms with Crippen LogP contribution in [-0.4, -0.2) is 12.4 Å². The van der Waals surface area contributed by atoms with Crippen LogP contribution in [0.5, 0.6) is 5.75 Å². The van der Waals surface area contributed by atoms with Crippen molar-refractivity contribution in [1.29, 1.82) is 0 Å². The Morgan fingerprint density at radius 1 is 1.39 bits per heavy atom. The molecule has 0 saturated heterocycles. The number of hydrogen-bond donors (Lipinski definition) is 0. The molecule has 2 rings (SSSR count). The fraction of sp³-hybridized carbons (Fsp3) is 0.214. The van der Waals surface area contributed by atoms with E-state index in [0.29, 0.717) is 22.9 Å². The van der Waals surface area contributed by atoms with Crippen molar-refractivity contribution < 1.29 is 9.53 Å². The van der Waals surface area contributed by atoms with Gasteiger partial charge in [0.25, 0.3) is 0 Å². The van der Waals surface area contributed by atoms with Crippen molar-refractivity contribution >= 4 is 28.7 Å². The Morgan fingerprint density at radius 2 is 2.22 bits per heavy atom. The van der Waals surface area contributed by atoms with E-state index in [-0.39, 0.29) is 5.78 Å². The van der Waals surface area contributed by atoms with Gasteiger partial charge in [-0.1, -0.05) is 17.7 Å². The van der Waals surface area contributed by atoms with Gasteiger partial charge in [-0.05, 0) is 36.6 Å². The largest absolute Gasteiger partial charge is 0.493 e. The average Bonchev–Trinajstić information content (AvgIpc) is 2.81. The van der Waals surface area contributed by atoms with Crippen LogP contribution in [0.2, 0.25) is 5.02 Å². The Balaban J connectivity index is 1.94. The van der Waals surface area contributed by atoms with E-state index in [4.69, 9.17) is 16.3 Å². The highest BCUT2D eigenvalue weighted by Gasteiger charge is 2.06. The normalized spacial score (nSPS) is 10.3. The summed E-state index contributed by atoms with van der Waals surface area (Å²) >= 11 is 7.72. The van der Waals surface area contributed by atoms with Gasteiger partial charge in [-0.15, -0.1) is 11.3 Å². The number of Topliss-reactive ketones (excluding diaryl/α,β-unsaturated/α-hetero) is 1. The Kier molecular flexibility index (Phi) is 4.39. The maximum absolute atomic E-state index is 11.2. The minimum Gasteiger partial charge on any atom is -0.493 e. The third-order valence-electron chi connectivity index (χ3n) is 2.52. The number of carbonyl (C=O) groups excluding carboxylic acids is 1. The van der Waals surface area contributed by atoms with Gasteiger partial charge in [-0.25, -0.2) is 0 Å². The lowest BCUT2D eigenvalue weighted by Crippen LogP contribution is -2.01. The average molecular weight is 281 g/mol. The van der Waals surface area contributed by atoms with E-state index in [2.05, 4.69) is 6.07 Å². The fourth-order valence-electron chi connectivity index (χ4n) is 1.60. The van der Waals surface area contributed by atoms with E-state index in [9.17, 15) is 4.79 Å². The highest BCUT2D eigenvalue weighted by Crippen LogP contribution is 2.23. The second kappa shape index (κ2) is 6.03. The van der Waals surface area contributed by atoms with Crippen LogP contribution in [0.1, 0.15) is 22.2 Å². The molecule has 1 aromatic heterocycles. The molecule has 2 nitrogen and oxygen atoms in total. The van der Waals surface area contributed by atoms with E-state index in [1.54, 1.807) is 29.5 Å². The van der Waals surface area contributed by atoms with Crippen LogP contribution in [0.25, 0.3) is 0 Å². The molecule has 1 aromatic carbocycles. The van der Waals surface area contributed by atoms with Gasteiger partial charge >= 0.3 is 0 Å². The topological polar surface area (TPSA) is 26.3 Å². The molecule has 0 spiro atoms. The molecule has 0 amide bonds. The van der Waals surface area contributed by atoms with Crippen molar-refractivity contribution in [3.05, 3.63) is 51.2 Å². The predicted molar refractivity (Wildman–Crippen MR) is 75.0 cm³/mol. The van der Waals surface area contributed by atoms with Crippen LogP contribution in [0.3, 0.4) is 0 Å². The Labute approximate surface area is 115 Å². The molecular formula is C14H13ClO2S. The first-order valence-corrected chi connectivity index (χ1v) is 6.88. The monoisotopic (exact) mass is 280 g/mol. The molecule has 0 bridgehead atoms. The van der Waals surface area contributed by atoms with E-state index in [1.165, 1.54) is 11.8 Å². The third kappa shape index (κ3) is 3.34. The van der Waals surface area contributed by atoms with Gasteiger partial charge in [0.15, 0.2) is 5.78 Å². The molecule has 0 unspecified atom stereocenters. The molecule has 0 atom stereocenters. The standard InChI is InChI=1S/C14H13ClO2S/c1-10(16)13-5-4-11(9-14(13)15)17-7-6-12-3-2-8-18-12/h2-5,8-9H,6-7H2,1H3. The molecule has 4 heteroatoms. The molecule has 0 N–H and O–H groups in total. The molecule has 0 fully saturated rings. The molecule has 0 saturated carbocycles. The molecule has 0 radical (unpaired) electrons. The second-order valence-corrected chi connectivity index (χ2v) is 5.32. The molecule has 94 valence electrons. The number of halogens is 1. The van der Waals surface area contributed by atoms with Gasteiger partial charge in [0.1, 0.15) is 5.75 Å². The number of hydrogen-bond acceptors (Lipinski definition) is 3. The summed E-state index contributed by atoms with van der Waals surface area (Å²) in [6, 6.07) is 9.27. The van der Waals surface area contributed by atoms with Crippen molar-refractivity contribution in [2.24, 2.45) is 0 Å². The van der Waals surface area contributed by atoms with E-state index in [1.807, 2.05) is 11.4 Å². The highest BCUT2D eigenvalue weighted by atomic mass is 35.5. The first-order chi connectivity index (χ1) is 8.66. The van der Waals surface area contributed by atoms with Gasteiger partial charge < -0.3 is 4.74 Å². The predicted octanol–water partition coefficient (Wildman–Crippen LogP) is 4.23. The highest BCUT2D eigenvalue weighted by molar-refractivity contribution is 7.09. The maximum Gasteiger partial charge on any atom is 0.161 e.